The van der Waals surface area contributed by atoms with Crippen molar-refractivity contribution in [3.8, 4) is 0 Å². The van der Waals surface area contributed by atoms with E-state index in [1.807, 2.05) is 0 Å². The molecule has 11 nitrogen and oxygen atoms in total. The summed E-state index contributed by atoms with van der Waals surface area (Å²) in [5.74, 6) is -5.54. The molecule has 156 valence electrons. The first kappa shape index (κ1) is 22.0. The lowest BCUT2D eigenvalue weighted by Crippen LogP contribution is -2.64. The molecular weight excluding hydrogens is 392 g/mol. The van der Waals surface area contributed by atoms with Crippen molar-refractivity contribution in [2.24, 2.45) is 0 Å². The zero-order chi connectivity index (χ0) is 21.9. The molecule has 5 atom stereocenters. The Bertz CT molecular complexity index is 822. The summed E-state index contributed by atoms with van der Waals surface area (Å²) in [5, 5.41) is 9.53. The molecule has 1 saturated heterocycles. The molecule has 0 aromatic rings. The maximum absolute atomic E-state index is 12.3. The van der Waals surface area contributed by atoms with Crippen LogP contribution in [-0.4, -0.2) is 71.1 Å². The molecule has 29 heavy (non-hydrogen) atoms. The third-order valence-electron chi connectivity index (χ3n) is 3.97. The fourth-order valence-corrected chi connectivity index (χ4v) is 3.01. The number of ether oxygens (including phenoxy) is 4. The number of carboxylic acid groups (broad SMARTS) is 1. The van der Waals surface area contributed by atoms with Crippen molar-refractivity contribution >= 4 is 35.4 Å². The van der Waals surface area contributed by atoms with Crippen molar-refractivity contribution < 1.29 is 52.8 Å². The number of allylic oxidation sites excluding steroid dienone is 3. The quantitative estimate of drug-likeness (QED) is 0.346. The van der Waals surface area contributed by atoms with Crippen molar-refractivity contribution in [2.45, 2.75) is 51.3 Å². The van der Waals surface area contributed by atoms with Crippen molar-refractivity contribution in [1.29, 1.82) is 0 Å². The first-order chi connectivity index (χ1) is 13.5. The van der Waals surface area contributed by atoms with E-state index < -0.39 is 66.0 Å². The summed E-state index contributed by atoms with van der Waals surface area (Å²) in [7, 11) is 0. The van der Waals surface area contributed by atoms with Gasteiger partial charge in [-0.2, -0.15) is 0 Å². The van der Waals surface area contributed by atoms with Gasteiger partial charge in [-0.3, -0.25) is 24.0 Å². The number of hydrogen-bond donors (Lipinski definition) is 1. The van der Waals surface area contributed by atoms with Crippen LogP contribution in [0.2, 0.25) is 0 Å². The minimum atomic E-state index is -1.88. The minimum absolute atomic E-state index is 0.298. The molecule has 0 amide bonds. The molecule has 0 saturated carbocycles. The van der Waals surface area contributed by atoms with Crippen LogP contribution in [0.5, 0.6) is 0 Å². The highest BCUT2D eigenvalue weighted by molar-refractivity contribution is 6.17. The Labute approximate surface area is 164 Å². The maximum atomic E-state index is 12.3. The zero-order valence-electron chi connectivity index (χ0n) is 15.6. The molecule has 0 radical (unpaired) electrons. The third-order valence-corrected chi connectivity index (χ3v) is 3.97. The largest absolute Gasteiger partial charge is 0.479 e. The van der Waals surface area contributed by atoms with Crippen LogP contribution in [-0.2, 0) is 47.7 Å². The van der Waals surface area contributed by atoms with Crippen LogP contribution in [0.25, 0.3) is 0 Å². The Morgan fingerprint density at radius 1 is 0.862 bits per heavy atom. The molecule has 2 rings (SSSR count). The summed E-state index contributed by atoms with van der Waals surface area (Å²) < 4.78 is 20.6. The van der Waals surface area contributed by atoms with Gasteiger partial charge in [0, 0.05) is 26.3 Å². The Morgan fingerprint density at radius 2 is 1.38 bits per heavy atom. The van der Waals surface area contributed by atoms with Gasteiger partial charge in [-0.05, 0) is 18.2 Å². The van der Waals surface area contributed by atoms with Crippen LogP contribution in [0, 0.1) is 0 Å². The number of aliphatic carboxylic acids is 1. The predicted octanol–water partition coefficient (Wildman–Crippen LogP) is -0.732. The van der Waals surface area contributed by atoms with Gasteiger partial charge in [-0.25, -0.2) is 4.79 Å². The lowest BCUT2D eigenvalue weighted by Gasteiger charge is -2.43. The minimum Gasteiger partial charge on any atom is -0.479 e. The second kappa shape index (κ2) is 8.78. The van der Waals surface area contributed by atoms with E-state index in [0.717, 1.165) is 39.0 Å². The van der Waals surface area contributed by atoms with Crippen molar-refractivity contribution in [3.63, 3.8) is 0 Å². The van der Waals surface area contributed by atoms with E-state index in [9.17, 15) is 33.9 Å². The molecule has 1 aliphatic carbocycles. The smallest absolute Gasteiger partial charge is 0.336 e. The average Bonchev–Trinajstić information content (AvgIpc) is 2.58. The Kier molecular flexibility index (Phi) is 6.64. The molecule has 1 fully saturated rings. The zero-order valence-corrected chi connectivity index (χ0v) is 15.6. The van der Waals surface area contributed by atoms with E-state index in [1.54, 1.807) is 0 Å². The maximum Gasteiger partial charge on any atom is 0.336 e. The van der Waals surface area contributed by atoms with Crippen molar-refractivity contribution in [3.05, 3.63) is 23.8 Å². The van der Waals surface area contributed by atoms with Gasteiger partial charge in [0.2, 0.25) is 0 Å². The lowest BCUT2D eigenvalue weighted by molar-refractivity contribution is -0.241. The third kappa shape index (κ3) is 5.13. The number of carbonyl (C=O) groups excluding carboxylic acids is 5. The number of rotatable bonds is 5. The topological polar surface area (TPSA) is 160 Å². The Balaban J connectivity index is 2.59. The molecule has 1 aliphatic heterocycles. The summed E-state index contributed by atoms with van der Waals surface area (Å²) in [6.45, 7) is 3.02. The predicted molar refractivity (Wildman–Crippen MR) is 90.2 cm³/mol. The molecule has 1 heterocycles. The van der Waals surface area contributed by atoms with Gasteiger partial charge in [0.1, 0.15) is 6.10 Å². The Morgan fingerprint density at radius 3 is 1.90 bits per heavy atom. The Hall–Kier alpha value is -3.34. The number of ketones is 2. The molecule has 0 spiro atoms. The van der Waals surface area contributed by atoms with Gasteiger partial charge in [-0.1, -0.05) is 0 Å². The summed E-state index contributed by atoms with van der Waals surface area (Å²) in [5.41, 5.74) is -0.298. The highest BCUT2D eigenvalue weighted by atomic mass is 16.7. The molecule has 0 aromatic carbocycles. The van der Waals surface area contributed by atoms with Gasteiger partial charge in [0.15, 0.2) is 36.0 Å². The molecule has 0 unspecified atom stereocenters. The SMILES string of the molecule is CC(=O)O[C@@H]1[C@@H](OC(C)=O)[C@H](C2=CC(=O)C=CC2=O)O[C@H](C(=O)O)[C@H]1OC(C)=O. The van der Waals surface area contributed by atoms with E-state index in [2.05, 4.69) is 0 Å². The van der Waals surface area contributed by atoms with Crippen LogP contribution >= 0.6 is 0 Å². The van der Waals surface area contributed by atoms with Crippen LogP contribution < -0.4 is 0 Å². The average molecular weight is 410 g/mol. The highest BCUT2D eigenvalue weighted by Crippen LogP contribution is 2.33. The number of carbonyl (C=O) groups is 6. The monoisotopic (exact) mass is 410 g/mol. The molecule has 11 heteroatoms. The second-order valence-corrected chi connectivity index (χ2v) is 6.24. The number of hydrogen-bond acceptors (Lipinski definition) is 10. The van der Waals surface area contributed by atoms with Gasteiger partial charge in [0.25, 0.3) is 0 Å². The highest BCUT2D eigenvalue weighted by Gasteiger charge is 2.55. The second-order valence-electron chi connectivity index (χ2n) is 6.24. The van der Waals surface area contributed by atoms with E-state index in [4.69, 9.17) is 18.9 Å². The lowest BCUT2D eigenvalue weighted by atomic mass is 9.86. The summed E-state index contributed by atoms with van der Waals surface area (Å²) in [4.78, 5) is 70.4. The summed E-state index contributed by atoms with van der Waals surface area (Å²) >= 11 is 0. The summed E-state index contributed by atoms with van der Waals surface area (Å²) in [6.07, 6.45) is -5.47. The van der Waals surface area contributed by atoms with Gasteiger partial charge in [0.05, 0.1) is 0 Å². The molecule has 0 aromatic heterocycles. The molecule has 2 aliphatic rings. The normalized spacial score (nSPS) is 28.9. The van der Waals surface area contributed by atoms with Gasteiger partial charge in [-0.15, -0.1) is 0 Å². The van der Waals surface area contributed by atoms with Crippen molar-refractivity contribution in [1.82, 2.24) is 0 Å². The van der Waals surface area contributed by atoms with Crippen LogP contribution in [0.15, 0.2) is 23.8 Å². The molecule has 1 N–H and O–H groups in total. The van der Waals surface area contributed by atoms with Crippen LogP contribution in [0.1, 0.15) is 20.8 Å². The molecule has 0 bridgehead atoms. The van der Waals surface area contributed by atoms with E-state index in [-0.39, 0.29) is 5.57 Å². The summed E-state index contributed by atoms with van der Waals surface area (Å²) in [6, 6.07) is 0. The van der Waals surface area contributed by atoms with Crippen LogP contribution in [0.4, 0.5) is 0 Å². The standard InChI is InChI=1S/C18H18O11/c1-7(19)26-14-13(11-6-10(22)4-5-12(11)23)29-17(18(24)25)16(28-9(3)21)15(14)27-8(2)20/h4-6,13-17H,1-3H3,(H,24,25)/t13-,14-,15+,16-,17-/m0/s1. The van der Waals surface area contributed by atoms with E-state index in [0.29, 0.717) is 0 Å². The first-order valence-corrected chi connectivity index (χ1v) is 8.39. The molecular formula is C18H18O11. The van der Waals surface area contributed by atoms with Crippen molar-refractivity contribution in [2.75, 3.05) is 0 Å². The van der Waals surface area contributed by atoms with Crippen LogP contribution in [0.3, 0.4) is 0 Å². The number of carboxylic acids is 1. The van der Waals surface area contributed by atoms with E-state index >= 15 is 0 Å². The van der Waals surface area contributed by atoms with Gasteiger partial charge >= 0.3 is 23.9 Å². The van der Waals surface area contributed by atoms with E-state index in [1.165, 1.54) is 0 Å². The van der Waals surface area contributed by atoms with Gasteiger partial charge < -0.3 is 24.1 Å². The first-order valence-electron chi connectivity index (χ1n) is 8.39. The fraction of sp³-hybridized carbons (Fsp3) is 0.444. The number of esters is 3. The fourth-order valence-electron chi connectivity index (χ4n) is 3.01.